The SMILES string of the molecule is CSc1ccc(CN2CCN(CC(C)(C)C)C(CCO)C2)cc1. The van der Waals surface area contributed by atoms with Gasteiger partial charge in [0.1, 0.15) is 0 Å². The molecule has 23 heavy (non-hydrogen) atoms. The molecule has 1 unspecified atom stereocenters. The average molecular weight is 337 g/mol. The summed E-state index contributed by atoms with van der Waals surface area (Å²) in [5, 5.41) is 9.42. The highest BCUT2D eigenvalue weighted by Crippen LogP contribution is 2.22. The van der Waals surface area contributed by atoms with Crippen LogP contribution < -0.4 is 0 Å². The van der Waals surface area contributed by atoms with Crippen LogP contribution in [0, 0.1) is 5.41 Å². The summed E-state index contributed by atoms with van der Waals surface area (Å²) in [6.07, 6.45) is 2.99. The van der Waals surface area contributed by atoms with Crippen LogP contribution in [0.2, 0.25) is 0 Å². The lowest BCUT2D eigenvalue weighted by molar-refractivity contribution is 0.0340. The van der Waals surface area contributed by atoms with Gasteiger partial charge in [-0.3, -0.25) is 9.80 Å². The second-order valence-electron chi connectivity index (χ2n) is 7.78. The smallest absolute Gasteiger partial charge is 0.0446 e. The molecular formula is C19H32N2OS. The van der Waals surface area contributed by atoms with Gasteiger partial charge < -0.3 is 5.11 Å². The third-order valence-electron chi connectivity index (χ3n) is 4.39. The van der Waals surface area contributed by atoms with E-state index in [2.05, 4.69) is 61.1 Å². The van der Waals surface area contributed by atoms with E-state index in [4.69, 9.17) is 0 Å². The van der Waals surface area contributed by atoms with Crippen molar-refractivity contribution in [3.05, 3.63) is 29.8 Å². The zero-order valence-electron chi connectivity index (χ0n) is 15.1. The number of hydrogen-bond donors (Lipinski definition) is 1. The van der Waals surface area contributed by atoms with Gasteiger partial charge in [0.25, 0.3) is 0 Å². The molecule has 1 saturated heterocycles. The van der Waals surface area contributed by atoms with Gasteiger partial charge in [-0.2, -0.15) is 0 Å². The first-order valence-electron chi connectivity index (χ1n) is 8.61. The van der Waals surface area contributed by atoms with Gasteiger partial charge in [0.2, 0.25) is 0 Å². The zero-order valence-corrected chi connectivity index (χ0v) is 15.9. The number of nitrogens with zero attached hydrogens (tertiary/aromatic N) is 2. The molecule has 0 radical (unpaired) electrons. The van der Waals surface area contributed by atoms with Gasteiger partial charge in [-0.25, -0.2) is 0 Å². The Morgan fingerprint density at radius 3 is 2.43 bits per heavy atom. The van der Waals surface area contributed by atoms with Crippen molar-refractivity contribution in [3.63, 3.8) is 0 Å². The van der Waals surface area contributed by atoms with Crippen molar-refractivity contribution in [2.24, 2.45) is 5.41 Å². The fourth-order valence-corrected chi connectivity index (χ4v) is 3.74. The Morgan fingerprint density at radius 1 is 1.17 bits per heavy atom. The van der Waals surface area contributed by atoms with Crippen molar-refractivity contribution in [3.8, 4) is 0 Å². The second kappa shape index (κ2) is 8.52. The molecule has 130 valence electrons. The Kier molecular flexibility index (Phi) is 6.96. The van der Waals surface area contributed by atoms with E-state index in [-0.39, 0.29) is 6.61 Å². The first-order valence-corrected chi connectivity index (χ1v) is 9.84. The lowest BCUT2D eigenvalue weighted by Crippen LogP contribution is -2.54. The van der Waals surface area contributed by atoms with Crippen LogP contribution in [0.1, 0.15) is 32.8 Å². The van der Waals surface area contributed by atoms with Gasteiger partial charge in [-0.15, -0.1) is 11.8 Å². The Labute approximate surface area is 146 Å². The Morgan fingerprint density at radius 2 is 1.87 bits per heavy atom. The van der Waals surface area contributed by atoms with Crippen molar-refractivity contribution in [2.75, 3.05) is 39.0 Å². The summed E-state index contributed by atoms with van der Waals surface area (Å²) >= 11 is 1.79. The molecule has 2 rings (SSSR count). The molecule has 0 saturated carbocycles. The van der Waals surface area contributed by atoms with E-state index in [1.807, 2.05) is 0 Å². The molecule has 3 nitrogen and oxygen atoms in total. The number of thioether (sulfide) groups is 1. The van der Waals surface area contributed by atoms with Crippen LogP contribution in [0.3, 0.4) is 0 Å². The fraction of sp³-hybridized carbons (Fsp3) is 0.684. The van der Waals surface area contributed by atoms with Crippen LogP contribution in [0.25, 0.3) is 0 Å². The molecule has 1 atom stereocenters. The van der Waals surface area contributed by atoms with Gasteiger partial charge in [0.05, 0.1) is 0 Å². The maximum absolute atomic E-state index is 9.42. The Balaban J connectivity index is 1.94. The first kappa shape index (κ1) is 18.8. The molecule has 0 aromatic heterocycles. The van der Waals surface area contributed by atoms with E-state index in [9.17, 15) is 5.11 Å². The summed E-state index contributed by atoms with van der Waals surface area (Å²) in [5.41, 5.74) is 1.69. The van der Waals surface area contributed by atoms with Crippen molar-refractivity contribution >= 4 is 11.8 Å². The Hall–Kier alpha value is -0.550. The van der Waals surface area contributed by atoms with Crippen LogP contribution in [0.15, 0.2) is 29.2 Å². The third kappa shape index (κ3) is 6.11. The molecule has 1 heterocycles. The molecule has 0 amide bonds. The van der Waals surface area contributed by atoms with Gasteiger partial charge in [-0.1, -0.05) is 32.9 Å². The monoisotopic (exact) mass is 336 g/mol. The highest BCUT2D eigenvalue weighted by Gasteiger charge is 2.29. The Bertz CT molecular complexity index is 469. The molecule has 1 aromatic rings. The van der Waals surface area contributed by atoms with E-state index in [0.717, 1.165) is 39.1 Å². The fourth-order valence-electron chi connectivity index (χ4n) is 3.33. The molecule has 0 spiro atoms. The largest absolute Gasteiger partial charge is 0.396 e. The molecule has 1 fully saturated rings. The van der Waals surface area contributed by atoms with Gasteiger partial charge in [0.15, 0.2) is 0 Å². The summed E-state index contributed by atoms with van der Waals surface area (Å²) < 4.78 is 0. The van der Waals surface area contributed by atoms with Crippen LogP contribution in [-0.2, 0) is 6.54 Å². The number of rotatable bonds is 6. The predicted molar refractivity (Wildman–Crippen MR) is 100 cm³/mol. The number of aliphatic hydroxyl groups excluding tert-OH is 1. The summed E-state index contributed by atoms with van der Waals surface area (Å²) in [7, 11) is 0. The highest BCUT2D eigenvalue weighted by atomic mass is 32.2. The van der Waals surface area contributed by atoms with Crippen molar-refractivity contribution < 1.29 is 5.11 Å². The van der Waals surface area contributed by atoms with Crippen LogP contribution in [-0.4, -0.2) is 60.0 Å². The molecular weight excluding hydrogens is 304 g/mol. The number of aliphatic hydroxyl groups is 1. The molecule has 1 N–H and O–H groups in total. The average Bonchev–Trinajstić information content (AvgIpc) is 2.50. The number of benzene rings is 1. The van der Waals surface area contributed by atoms with E-state index in [0.29, 0.717) is 11.5 Å². The van der Waals surface area contributed by atoms with Crippen molar-refractivity contribution in [1.29, 1.82) is 0 Å². The maximum Gasteiger partial charge on any atom is 0.0446 e. The van der Waals surface area contributed by atoms with Crippen LogP contribution in [0.5, 0.6) is 0 Å². The van der Waals surface area contributed by atoms with Crippen molar-refractivity contribution in [2.45, 2.75) is 44.7 Å². The second-order valence-corrected chi connectivity index (χ2v) is 8.66. The summed E-state index contributed by atoms with van der Waals surface area (Å²) in [5.74, 6) is 0. The zero-order chi connectivity index (χ0) is 16.9. The minimum atomic E-state index is 0.279. The van der Waals surface area contributed by atoms with Crippen molar-refractivity contribution in [1.82, 2.24) is 9.80 Å². The molecule has 1 aromatic carbocycles. The lowest BCUT2D eigenvalue weighted by atomic mass is 9.94. The topological polar surface area (TPSA) is 26.7 Å². The molecule has 1 aliphatic heterocycles. The summed E-state index contributed by atoms with van der Waals surface area (Å²) in [4.78, 5) is 6.43. The highest BCUT2D eigenvalue weighted by molar-refractivity contribution is 7.98. The van der Waals surface area contributed by atoms with E-state index in [1.165, 1.54) is 10.5 Å². The summed E-state index contributed by atoms with van der Waals surface area (Å²) in [6, 6.07) is 9.38. The van der Waals surface area contributed by atoms with E-state index < -0.39 is 0 Å². The number of piperazine rings is 1. The number of hydrogen-bond acceptors (Lipinski definition) is 4. The lowest BCUT2D eigenvalue weighted by Gasteiger charge is -2.44. The quantitative estimate of drug-likeness (QED) is 0.806. The van der Waals surface area contributed by atoms with Crippen LogP contribution in [0.4, 0.5) is 0 Å². The third-order valence-corrected chi connectivity index (χ3v) is 5.14. The van der Waals surface area contributed by atoms with Gasteiger partial charge in [-0.05, 0) is 35.8 Å². The first-order chi connectivity index (χ1) is 10.9. The minimum absolute atomic E-state index is 0.279. The maximum atomic E-state index is 9.42. The molecule has 4 heteroatoms. The predicted octanol–water partition coefficient (Wildman–Crippen LogP) is 3.32. The molecule has 0 bridgehead atoms. The molecule has 0 aliphatic carbocycles. The standard InChI is InChI=1S/C19H32N2OS/c1-19(2,3)15-21-11-10-20(14-17(21)9-12-22)13-16-5-7-18(23-4)8-6-16/h5-8,17,22H,9-15H2,1-4H3. The van der Waals surface area contributed by atoms with Crippen LogP contribution >= 0.6 is 11.8 Å². The molecule has 1 aliphatic rings. The normalized spacial score (nSPS) is 20.8. The van der Waals surface area contributed by atoms with E-state index >= 15 is 0 Å². The summed E-state index contributed by atoms with van der Waals surface area (Å²) in [6.45, 7) is 12.6. The van der Waals surface area contributed by atoms with E-state index in [1.54, 1.807) is 11.8 Å². The minimum Gasteiger partial charge on any atom is -0.396 e. The van der Waals surface area contributed by atoms with Gasteiger partial charge in [0, 0.05) is 50.3 Å². The van der Waals surface area contributed by atoms with Gasteiger partial charge >= 0.3 is 0 Å².